The summed E-state index contributed by atoms with van der Waals surface area (Å²) in [5, 5.41) is 12.3. The first-order valence-corrected chi connectivity index (χ1v) is 12.6. The minimum absolute atomic E-state index is 0.329. The van der Waals surface area contributed by atoms with E-state index in [0.717, 1.165) is 87.8 Å². The molecule has 1 fully saturated rings. The number of piperazine rings is 1. The second-order valence-electron chi connectivity index (χ2n) is 10.0. The van der Waals surface area contributed by atoms with Crippen LogP contribution in [-0.2, 0) is 0 Å². The number of aromatic amines is 2. The van der Waals surface area contributed by atoms with Crippen molar-refractivity contribution in [3.63, 3.8) is 0 Å². The van der Waals surface area contributed by atoms with Gasteiger partial charge in [-0.25, -0.2) is 4.98 Å². The Morgan fingerprint density at radius 1 is 1.00 bits per heavy atom. The summed E-state index contributed by atoms with van der Waals surface area (Å²) in [5.74, 6) is 0.329. The van der Waals surface area contributed by atoms with Crippen LogP contribution >= 0.6 is 0 Å². The molecule has 1 saturated heterocycles. The van der Waals surface area contributed by atoms with Gasteiger partial charge in [0.05, 0.1) is 52.4 Å². The van der Waals surface area contributed by atoms with E-state index < -0.39 is 0 Å². The molecule has 188 valence electrons. The maximum atomic E-state index is 4.99. The Labute approximate surface area is 215 Å². The molecule has 0 aliphatic carbocycles. The molecule has 3 N–H and O–H groups in total. The first-order chi connectivity index (χ1) is 18.0. The van der Waals surface area contributed by atoms with Crippen molar-refractivity contribution < 1.29 is 0 Å². The average molecular weight is 494 g/mol. The van der Waals surface area contributed by atoms with Crippen molar-refractivity contribution in [2.75, 3.05) is 43.4 Å². The van der Waals surface area contributed by atoms with Gasteiger partial charge in [0, 0.05) is 49.0 Å². The van der Waals surface area contributed by atoms with Gasteiger partial charge in [0.2, 0.25) is 0 Å². The topological polar surface area (TPSA) is 102 Å². The van der Waals surface area contributed by atoms with E-state index in [2.05, 4.69) is 73.8 Å². The van der Waals surface area contributed by atoms with E-state index in [9.17, 15) is 0 Å². The van der Waals surface area contributed by atoms with Crippen LogP contribution in [0.2, 0.25) is 0 Å². The maximum absolute atomic E-state index is 4.99. The summed E-state index contributed by atoms with van der Waals surface area (Å²) in [5.41, 5.74) is 9.13. The number of rotatable bonds is 6. The number of hydrogen-bond acceptors (Lipinski definition) is 7. The van der Waals surface area contributed by atoms with Gasteiger partial charge >= 0.3 is 0 Å². The van der Waals surface area contributed by atoms with Gasteiger partial charge in [-0.2, -0.15) is 5.10 Å². The molecule has 9 nitrogen and oxygen atoms in total. The van der Waals surface area contributed by atoms with Crippen LogP contribution in [0.5, 0.6) is 0 Å². The van der Waals surface area contributed by atoms with Gasteiger partial charge in [0.15, 0.2) is 0 Å². The number of pyridine rings is 3. The number of anilines is 2. The monoisotopic (exact) mass is 493 g/mol. The third-order valence-electron chi connectivity index (χ3n) is 7.07. The molecule has 0 saturated carbocycles. The zero-order valence-corrected chi connectivity index (χ0v) is 21.4. The Balaban J connectivity index is 1.36. The normalized spacial score (nSPS) is 14.6. The van der Waals surface area contributed by atoms with Crippen LogP contribution in [0.25, 0.3) is 44.6 Å². The minimum atomic E-state index is 0.329. The van der Waals surface area contributed by atoms with Gasteiger partial charge in [0.1, 0.15) is 11.2 Å². The maximum Gasteiger partial charge on any atom is 0.135 e. The van der Waals surface area contributed by atoms with E-state index in [-0.39, 0.29) is 0 Å². The van der Waals surface area contributed by atoms with Gasteiger partial charge in [0.25, 0.3) is 0 Å². The highest BCUT2D eigenvalue weighted by atomic mass is 15.3. The molecular weight excluding hydrogens is 462 g/mol. The third-order valence-corrected chi connectivity index (χ3v) is 7.07. The average Bonchev–Trinajstić information content (AvgIpc) is 3.53. The van der Waals surface area contributed by atoms with Gasteiger partial charge in [-0.3, -0.25) is 15.1 Å². The molecule has 0 unspecified atom stereocenters. The minimum Gasteiger partial charge on any atom is -0.367 e. The number of fused-ring (bicyclic) bond motifs is 2. The van der Waals surface area contributed by atoms with Gasteiger partial charge < -0.3 is 20.1 Å². The Morgan fingerprint density at radius 3 is 2.62 bits per heavy atom. The van der Waals surface area contributed by atoms with Crippen molar-refractivity contribution in [3.05, 3.63) is 61.3 Å². The van der Waals surface area contributed by atoms with Crippen molar-refractivity contribution in [1.82, 2.24) is 35.0 Å². The van der Waals surface area contributed by atoms with Gasteiger partial charge in [-0.1, -0.05) is 20.4 Å². The number of nitrogens with one attached hydrogen (secondary N) is 3. The number of likely N-dealkylation sites (N-methyl/N-ethyl adjacent to an activating group) is 1. The largest absolute Gasteiger partial charge is 0.367 e. The zero-order valence-electron chi connectivity index (χ0n) is 21.4. The van der Waals surface area contributed by atoms with Crippen molar-refractivity contribution >= 4 is 33.3 Å². The van der Waals surface area contributed by atoms with E-state index >= 15 is 0 Å². The third kappa shape index (κ3) is 4.42. The Hall–Kier alpha value is -4.24. The SMILES string of the molecule is C=C(Nc1cncc(-c2ccc3[nH]nc(-c4cc5c(N6CCN(C)CC6)cncc5[nH]4)c3n2)c1)C(C)C. The fourth-order valence-corrected chi connectivity index (χ4v) is 4.69. The lowest BCUT2D eigenvalue weighted by molar-refractivity contribution is 0.313. The lowest BCUT2D eigenvalue weighted by Gasteiger charge is -2.34. The summed E-state index contributed by atoms with van der Waals surface area (Å²) in [6.07, 6.45) is 7.47. The van der Waals surface area contributed by atoms with Crippen molar-refractivity contribution in [1.29, 1.82) is 0 Å². The fourth-order valence-electron chi connectivity index (χ4n) is 4.69. The summed E-state index contributed by atoms with van der Waals surface area (Å²) in [6, 6.07) is 8.22. The van der Waals surface area contributed by atoms with E-state index in [4.69, 9.17) is 4.98 Å². The molecule has 9 heteroatoms. The summed E-state index contributed by atoms with van der Waals surface area (Å²) < 4.78 is 0. The number of allylic oxidation sites excluding steroid dienone is 1. The predicted octanol–water partition coefficient (Wildman–Crippen LogP) is 4.90. The Morgan fingerprint density at radius 2 is 1.81 bits per heavy atom. The second kappa shape index (κ2) is 9.33. The van der Waals surface area contributed by atoms with E-state index in [0.29, 0.717) is 5.92 Å². The number of hydrogen-bond donors (Lipinski definition) is 3. The number of H-pyrrole nitrogens is 2. The smallest absolute Gasteiger partial charge is 0.135 e. The zero-order chi connectivity index (χ0) is 25.5. The standard InChI is InChI=1S/C28H31N9/c1-17(2)18(3)31-20-11-19(13-29-14-20)22-5-6-23-27(33-22)28(35-34-23)24-12-21-25(32-24)15-30-16-26(21)37-9-7-36(4)8-10-37/h5-6,11-17,31-32H,3,7-10H2,1-2,4H3,(H,34,35). The molecule has 5 aromatic heterocycles. The van der Waals surface area contributed by atoms with Crippen molar-refractivity contribution in [3.8, 4) is 22.6 Å². The van der Waals surface area contributed by atoms with Crippen LogP contribution in [-0.4, -0.2) is 68.3 Å². The van der Waals surface area contributed by atoms with Crippen molar-refractivity contribution in [2.45, 2.75) is 13.8 Å². The molecule has 0 spiro atoms. The molecule has 0 amide bonds. The number of aromatic nitrogens is 6. The van der Waals surface area contributed by atoms with Crippen LogP contribution in [0.3, 0.4) is 0 Å². The quantitative estimate of drug-likeness (QED) is 0.309. The highest BCUT2D eigenvalue weighted by Gasteiger charge is 2.20. The molecule has 5 aromatic rings. The Bertz CT molecular complexity index is 1590. The lowest BCUT2D eigenvalue weighted by atomic mass is 10.1. The van der Waals surface area contributed by atoms with Crippen LogP contribution < -0.4 is 10.2 Å². The van der Waals surface area contributed by atoms with Gasteiger partial charge in [-0.15, -0.1) is 0 Å². The first-order valence-electron chi connectivity index (χ1n) is 12.6. The molecule has 1 aliphatic rings. The highest BCUT2D eigenvalue weighted by molar-refractivity contribution is 5.98. The Kier molecular flexibility index (Phi) is 5.84. The van der Waals surface area contributed by atoms with E-state index in [1.54, 1.807) is 6.20 Å². The molecule has 37 heavy (non-hydrogen) atoms. The molecule has 0 aromatic carbocycles. The molecular formula is C28H31N9. The molecule has 0 bridgehead atoms. The predicted molar refractivity (Wildman–Crippen MR) is 150 cm³/mol. The molecule has 0 atom stereocenters. The van der Waals surface area contributed by atoms with Crippen LogP contribution in [0.15, 0.2) is 61.3 Å². The summed E-state index contributed by atoms with van der Waals surface area (Å²) in [6.45, 7) is 12.4. The summed E-state index contributed by atoms with van der Waals surface area (Å²) in [7, 11) is 2.17. The molecule has 1 aliphatic heterocycles. The van der Waals surface area contributed by atoms with E-state index in [1.807, 2.05) is 36.8 Å². The van der Waals surface area contributed by atoms with Gasteiger partial charge in [-0.05, 0) is 37.2 Å². The first kappa shape index (κ1) is 23.2. The number of nitrogens with zero attached hydrogens (tertiary/aromatic N) is 6. The second-order valence-corrected chi connectivity index (χ2v) is 10.0. The van der Waals surface area contributed by atoms with E-state index in [1.165, 1.54) is 0 Å². The van der Waals surface area contributed by atoms with Crippen LogP contribution in [0.4, 0.5) is 11.4 Å². The van der Waals surface area contributed by atoms with Crippen molar-refractivity contribution in [2.24, 2.45) is 5.92 Å². The summed E-state index contributed by atoms with van der Waals surface area (Å²) in [4.78, 5) is 22.2. The fraction of sp³-hybridized carbons (Fsp3) is 0.286. The molecule has 6 heterocycles. The molecule has 6 rings (SSSR count). The highest BCUT2D eigenvalue weighted by Crippen LogP contribution is 2.33. The molecule has 0 radical (unpaired) electrons. The van der Waals surface area contributed by atoms with Crippen LogP contribution in [0, 0.1) is 5.92 Å². The van der Waals surface area contributed by atoms with Crippen LogP contribution in [0.1, 0.15) is 13.8 Å². The lowest BCUT2D eigenvalue weighted by Crippen LogP contribution is -2.44. The summed E-state index contributed by atoms with van der Waals surface area (Å²) >= 11 is 0.